The van der Waals surface area contributed by atoms with E-state index in [1.54, 1.807) is 16.7 Å². The molecule has 0 saturated carbocycles. The lowest BCUT2D eigenvalue weighted by Gasteiger charge is -2.15. The van der Waals surface area contributed by atoms with E-state index in [2.05, 4.69) is 39.0 Å². The molecule has 0 atom stereocenters. The Labute approximate surface area is 235 Å². The molecule has 0 aliphatic heterocycles. The molecule has 0 nitrogen and oxygen atoms in total. The normalized spacial score (nSPS) is 11.4. The van der Waals surface area contributed by atoms with E-state index in [-0.39, 0.29) is 0 Å². The van der Waals surface area contributed by atoms with Crippen molar-refractivity contribution in [3.05, 3.63) is 41.8 Å². The smallest absolute Gasteiger partial charge is 0.0273 e. The van der Waals surface area contributed by atoms with Gasteiger partial charge in [-0.2, -0.15) is 0 Å². The van der Waals surface area contributed by atoms with Crippen molar-refractivity contribution in [2.45, 2.75) is 194 Å². The molecule has 1 radical (unpaired) electrons. The van der Waals surface area contributed by atoms with Gasteiger partial charge in [-0.05, 0) is 55.2 Å². The minimum atomic E-state index is 1.03. The van der Waals surface area contributed by atoms with Gasteiger partial charge in [-0.3, -0.25) is 0 Å². The van der Waals surface area contributed by atoms with Crippen LogP contribution in [0, 0.1) is 6.92 Å². The summed E-state index contributed by atoms with van der Waals surface area (Å²) in [6.45, 7) is 8.80. The lowest BCUT2D eigenvalue weighted by molar-refractivity contribution is 0.543. The third-order valence-electron chi connectivity index (χ3n) is 8.40. The molecule has 0 spiro atoms. The van der Waals surface area contributed by atoms with Crippen LogP contribution >= 0.6 is 0 Å². The van der Waals surface area contributed by atoms with Gasteiger partial charge in [0.05, 0.1) is 0 Å². The lowest BCUT2D eigenvalue weighted by atomic mass is 9.91. The number of hydrogen-bond acceptors (Lipinski definition) is 0. The van der Waals surface area contributed by atoms with Gasteiger partial charge in [-0.25, -0.2) is 0 Å². The quantitative estimate of drug-likeness (QED) is 0.0981. The van der Waals surface area contributed by atoms with Crippen LogP contribution in [0.1, 0.15) is 191 Å². The lowest BCUT2D eigenvalue weighted by Crippen LogP contribution is -2.01. The number of rotatable bonds is 28. The standard InChI is InChI=1S/C37H67/c1-4-7-9-11-13-15-17-19-21-23-25-27-31-35-33-29-34-36(37(35)30-6-3)32-28-26-24-22-20-18-16-14-12-10-8-5-2/h29,33-34H,3-28,30-32H2,1-2H3. The summed E-state index contributed by atoms with van der Waals surface area (Å²) < 4.78 is 0. The van der Waals surface area contributed by atoms with Gasteiger partial charge >= 0.3 is 0 Å². The Balaban J connectivity index is 2.14. The van der Waals surface area contributed by atoms with Crippen molar-refractivity contribution in [2.24, 2.45) is 0 Å². The summed E-state index contributed by atoms with van der Waals surface area (Å²) in [6.07, 6.45) is 39.1. The summed E-state index contributed by atoms with van der Waals surface area (Å²) in [6, 6.07) is 7.16. The number of hydrogen-bond donors (Lipinski definition) is 0. The second-order valence-corrected chi connectivity index (χ2v) is 11.9. The molecule has 1 aromatic rings. The van der Waals surface area contributed by atoms with E-state index >= 15 is 0 Å². The van der Waals surface area contributed by atoms with E-state index in [1.165, 1.54) is 173 Å². The van der Waals surface area contributed by atoms with Crippen molar-refractivity contribution >= 4 is 0 Å². The van der Waals surface area contributed by atoms with Gasteiger partial charge in [0.1, 0.15) is 0 Å². The van der Waals surface area contributed by atoms with Crippen LogP contribution in [0.15, 0.2) is 18.2 Å². The number of aryl methyl sites for hydroxylation is 2. The number of benzene rings is 1. The molecule has 0 amide bonds. The van der Waals surface area contributed by atoms with E-state index < -0.39 is 0 Å². The Morgan fingerprint density at radius 1 is 0.405 bits per heavy atom. The molecule has 0 unspecified atom stereocenters. The van der Waals surface area contributed by atoms with Gasteiger partial charge in [-0.1, -0.05) is 180 Å². The van der Waals surface area contributed by atoms with Crippen molar-refractivity contribution in [3.8, 4) is 0 Å². The Morgan fingerprint density at radius 2 is 0.703 bits per heavy atom. The maximum atomic E-state index is 4.20. The van der Waals surface area contributed by atoms with E-state index in [0.717, 1.165) is 6.42 Å². The molecule has 0 heteroatoms. The fourth-order valence-electron chi connectivity index (χ4n) is 5.97. The van der Waals surface area contributed by atoms with Crippen LogP contribution in [0.3, 0.4) is 0 Å². The first-order chi connectivity index (χ1) is 18.3. The highest BCUT2D eigenvalue weighted by molar-refractivity contribution is 5.36. The van der Waals surface area contributed by atoms with Crippen LogP contribution in [-0.4, -0.2) is 0 Å². The van der Waals surface area contributed by atoms with Crippen molar-refractivity contribution in [3.63, 3.8) is 0 Å². The Hall–Kier alpha value is -0.780. The molecule has 0 heterocycles. The molecule has 0 aromatic heterocycles. The summed E-state index contributed by atoms with van der Waals surface area (Å²) in [5.74, 6) is 0. The van der Waals surface area contributed by atoms with E-state index in [4.69, 9.17) is 0 Å². The van der Waals surface area contributed by atoms with E-state index in [0.29, 0.717) is 0 Å². The molecule has 0 fully saturated rings. The minimum Gasteiger partial charge on any atom is -0.0654 e. The fourth-order valence-corrected chi connectivity index (χ4v) is 5.97. The zero-order valence-corrected chi connectivity index (χ0v) is 25.7. The zero-order chi connectivity index (χ0) is 26.7. The van der Waals surface area contributed by atoms with E-state index in [1.807, 2.05) is 0 Å². The van der Waals surface area contributed by atoms with Crippen LogP contribution < -0.4 is 0 Å². The molecule has 1 rings (SSSR count). The van der Waals surface area contributed by atoms with Crippen molar-refractivity contribution < 1.29 is 0 Å². The maximum absolute atomic E-state index is 4.20. The first kappa shape index (κ1) is 34.2. The molecule has 0 N–H and O–H groups in total. The summed E-state index contributed by atoms with van der Waals surface area (Å²) in [7, 11) is 0. The van der Waals surface area contributed by atoms with Gasteiger partial charge in [0, 0.05) is 0 Å². The SMILES string of the molecule is [CH2]CCc1c(CCCCCCCCCCCCCC)cccc1CCCCCCCCCCCCCC. The average Bonchev–Trinajstić information content (AvgIpc) is 2.91. The van der Waals surface area contributed by atoms with Crippen molar-refractivity contribution in [2.75, 3.05) is 0 Å². The van der Waals surface area contributed by atoms with Crippen LogP contribution in [-0.2, 0) is 19.3 Å². The van der Waals surface area contributed by atoms with Crippen LogP contribution in [0.25, 0.3) is 0 Å². The zero-order valence-electron chi connectivity index (χ0n) is 25.7. The molecule has 0 bridgehead atoms. The molecular weight excluding hydrogens is 444 g/mol. The molecule has 0 aliphatic carbocycles. The molecule has 37 heavy (non-hydrogen) atoms. The largest absolute Gasteiger partial charge is 0.0654 e. The van der Waals surface area contributed by atoms with Gasteiger partial charge in [0.2, 0.25) is 0 Å². The monoisotopic (exact) mass is 512 g/mol. The topological polar surface area (TPSA) is 0 Å². The van der Waals surface area contributed by atoms with Crippen molar-refractivity contribution in [1.29, 1.82) is 0 Å². The highest BCUT2D eigenvalue weighted by Gasteiger charge is 2.08. The summed E-state index contributed by atoms with van der Waals surface area (Å²) in [5, 5.41) is 0. The third-order valence-corrected chi connectivity index (χ3v) is 8.40. The first-order valence-electron chi connectivity index (χ1n) is 17.2. The highest BCUT2D eigenvalue weighted by atomic mass is 14.1. The summed E-state index contributed by atoms with van der Waals surface area (Å²) in [4.78, 5) is 0. The second kappa shape index (κ2) is 26.8. The minimum absolute atomic E-state index is 1.03. The van der Waals surface area contributed by atoms with E-state index in [9.17, 15) is 0 Å². The third kappa shape index (κ3) is 19.9. The van der Waals surface area contributed by atoms with Crippen LogP contribution in [0.5, 0.6) is 0 Å². The van der Waals surface area contributed by atoms with Crippen molar-refractivity contribution in [1.82, 2.24) is 0 Å². The highest BCUT2D eigenvalue weighted by Crippen LogP contribution is 2.22. The molecule has 0 saturated heterocycles. The second-order valence-electron chi connectivity index (χ2n) is 11.9. The van der Waals surface area contributed by atoms with Crippen LogP contribution in [0.4, 0.5) is 0 Å². The van der Waals surface area contributed by atoms with Gasteiger partial charge in [0.15, 0.2) is 0 Å². The number of unbranched alkanes of at least 4 members (excludes halogenated alkanes) is 22. The molecule has 215 valence electrons. The predicted molar refractivity (Wildman–Crippen MR) is 170 cm³/mol. The first-order valence-corrected chi connectivity index (χ1v) is 17.2. The Morgan fingerprint density at radius 3 is 1.00 bits per heavy atom. The summed E-state index contributed by atoms with van der Waals surface area (Å²) >= 11 is 0. The van der Waals surface area contributed by atoms with Gasteiger partial charge < -0.3 is 0 Å². The average molecular weight is 512 g/mol. The predicted octanol–water partition coefficient (Wildman–Crippen LogP) is 12.9. The molecule has 0 aliphatic rings. The van der Waals surface area contributed by atoms with Crippen LogP contribution in [0.2, 0.25) is 0 Å². The Bertz CT molecular complexity index is 539. The fraction of sp³-hybridized carbons (Fsp3) is 0.811. The summed E-state index contributed by atoms with van der Waals surface area (Å²) in [5.41, 5.74) is 4.92. The molecular formula is C37H67. The molecule has 1 aromatic carbocycles. The van der Waals surface area contributed by atoms with Gasteiger partial charge in [0.25, 0.3) is 0 Å². The Kier molecular flexibility index (Phi) is 24.8. The van der Waals surface area contributed by atoms with Gasteiger partial charge in [-0.15, -0.1) is 0 Å². The maximum Gasteiger partial charge on any atom is -0.0273 e.